The molecule has 8 heteroatoms. The Morgan fingerprint density at radius 1 is 0.224 bits per heavy atom. The fourth-order valence-corrected chi connectivity index (χ4v) is 22.5. The van der Waals surface area contributed by atoms with E-state index in [0.29, 0.717) is 0 Å². The summed E-state index contributed by atoms with van der Waals surface area (Å²) in [7, 11) is -6.38. The first-order valence-corrected chi connectivity index (χ1v) is 30.0. The summed E-state index contributed by atoms with van der Waals surface area (Å²) in [6.07, 6.45) is 0. The van der Waals surface area contributed by atoms with Crippen LogP contribution >= 0.6 is 0 Å². The van der Waals surface area contributed by atoms with Crippen LogP contribution in [0.2, 0.25) is 0 Å². The minimum absolute atomic E-state index is 0.895. The number of hydrogen-bond donors (Lipinski definition) is 0. The normalized spacial score (nSPS) is 12.2. The van der Waals surface area contributed by atoms with Crippen LogP contribution in [0.1, 0.15) is 0 Å². The maximum atomic E-state index is 5.32. The summed E-state index contributed by atoms with van der Waals surface area (Å²) in [6, 6.07) is 108. The van der Waals surface area contributed by atoms with E-state index < -0.39 is 16.1 Å². The molecular weight excluding hydrogens is 957 g/mol. The van der Waals surface area contributed by atoms with Crippen LogP contribution in [0.3, 0.4) is 0 Å². The van der Waals surface area contributed by atoms with Crippen LogP contribution in [0.25, 0.3) is 67.1 Å². The van der Waals surface area contributed by atoms with Crippen LogP contribution in [0, 0.1) is 0 Å². The number of benzene rings is 11. The van der Waals surface area contributed by atoms with Crippen molar-refractivity contribution in [3.8, 4) is 11.4 Å². The van der Waals surface area contributed by atoms with Crippen molar-refractivity contribution in [1.82, 2.24) is 27.9 Å². The van der Waals surface area contributed by atoms with Crippen LogP contribution in [-0.2, 0) is 0 Å². The second-order valence-electron chi connectivity index (χ2n) is 19.8. The third-order valence-electron chi connectivity index (χ3n) is 15.8. The van der Waals surface area contributed by atoms with Gasteiger partial charge in [-0.2, -0.15) is 0 Å². The lowest BCUT2D eigenvalue weighted by Gasteiger charge is -2.38. The lowest BCUT2D eigenvalue weighted by atomic mass is 10.2. The Hall–Kier alpha value is -9.61. The van der Waals surface area contributed by atoms with E-state index in [1.165, 1.54) is 41.5 Å². The lowest BCUT2D eigenvalue weighted by Crippen LogP contribution is -2.78. The van der Waals surface area contributed by atoms with Crippen LogP contribution < -0.4 is 41.5 Å². The molecule has 0 unspecified atom stereocenters. The number of imidazole rings is 4. The smallest absolute Gasteiger partial charge is 0.220 e. The zero-order chi connectivity index (χ0) is 50.2. The van der Waals surface area contributed by atoms with Gasteiger partial charge >= 0.3 is 0 Å². The number of para-hydroxylation sites is 8. The Morgan fingerprint density at radius 2 is 0.500 bits per heavy atom. The molecule has 0 fully saturated rings. The summed E-state index contributed by atoms with van der Waals surface area (Å²) in [4.78, 5) is 10.6. The van der Waals surface area contributed by atoms with Gasteiger partial charge in [0.05, 0.1) is 44.1 Å². The molecule has 0 N–H and O–H groups in total. The lowest BCUT2D eigenvalue weighted by molar-refractivity contribution is 1.11. The molecule has 0 bridgehead atoms. The molecule has 15 rings (SSSR count). The molecule has 0 amide bonds. The van der Waals surface area contributed by atoms with Crippen molar-refractivity contribution in [3.05, 3.63) is 291 Å². The molecule has 0 aliphatic carbocycles. The van der Waals surface area contributed by atoms with E-state index >= 15 is 0 Å². The number of hydrogen-bond acceptors (Lipinski definition) is 2. The molecule has 15 aromatic rings. The van der Waals surface area contributed by atoms with Crippen molar-refractivity contribution >= 4 is 113 Å². The van der Waals surface area contributed by atoms with Gasteiger partial charge in [-0.25, -0.2) is 9.97 Å². The molecule has 76 heavy (non-hydrogen) atoms. The van der Waals surface area contributed by atoms with Gasteiger partial charge in [-0.1, -0.05) is 218 Å². The van der Waals surface area contributed by atoms with Crippen LogP contribution in [0.4, 0.5) is 0 Å². The zero-order valence-corrected chi connectivity index (χ0v) is 43.4. The minimum Gasteiger partial charge on any atom is -0.278 e. The summed E-state index contributed by atoms with van der Waals surface area (Å²) < 4.78 is 9.33. The van der Waals surface area contributed by atoms with Gasteiger partial charge in [-0.15, -0.1) is 0 Å². The third-order valence-corrected chi connectivity index (χ3v) is 25.3. The predicted molar refractivity (Wildman–Crippen MR) is 320 cm³/mol. The summed E-state index contributed by atoms with van der Waals surface area (Å²) in [5.74, 6) is 1.79. The van der Waals surface area contributed by atoms with E-state index in [9.17, 15) is 0 Å². The second kappa shape index (κ2) is 17.5. The van der Waals surface area contributed by atoms with Crippen LogP contribution in [-0.4, -0.2) is 44.1 Å². The molecule has 0 spiro atoms. The van der Waals surface area contributed by atoms with Crippen molar-refractivity contribution in [3.63, 3.8) is 0 Å². The van der Waals surface area contributed by atoms with E-state index in [0.717, 1.165) is 67.1 Å². The molecule has 4 aromatic heterocycles. The first kappa shape index (κ1) is 43.9. The van der Waals surface area contributed by atoms with Gasteiger partial charge in [-0.3, -0.25) is 17.9 Å². The summed E-state index contributed by atoms with van der Waals surface area (Å²) in [5, 5.41) is 10.5. The number of aromatic nitrogens is 6. The molecule has 0 saturated heterocycles. The van der Waals surface area contributed by atoms with Crippen molar-refractivity contribution < 1.29 is 0 Å². The minimum atomic E-state index is -3.19. The Labute approximate surface area is 441 Å². The first-order valence-electron chi connectivity index (χ1n) is 26.0. The van der Waals surface area contributed by atoms with Gasteiger partial charge in [0.15, 0.2) is 16.1 Å². The predicted octanol–water partition coefficient (Wildman–Crippen LogP) is 9.93. The Morgan fingerprint density at radius 3 is 0.868 bits per heavy atom. The Bertz CT molecular complexity index is 4280. The van der Waals surface area contributed by atoms with Crippen molar-refractivity contribution in [1.29, 1.82) is 0 Å². The standard InChI is InChI=1S/C68H48N6Si2/c1-5-26-51(27-6-1)75(52-28-7-2-8-29-52,55-34-21-24-49(46-55)71-63-42-17-19-44-65(63)73-61-40-15-13-38-59(61)69-67(71)73)57-36-23-37-58(48-57)76(53-30-9-3-10-31-53,54-32-11-4-12-33-54)56-35-22-25-50(47-56)72-64-43-18-20-45-66(64)74-62-41-16-14-39-60(62)70-68(72)74/h1-48H. The summed E-state index contributed by atoms with van der Waals surface area (Å²) >= 11 is 0. The molecular formula is C68H48N6Si2. The molecule has 4 heterocycles. The molecule has 0 radical (unpaired) electrons. The highest BCUT2D eigenvalue weighted by Crippen LogP contribution is 2.31. The SMILES string of the molecule is c1ccc([Si](c2ccccc2)(c2cccc(-n3c4ccccc4n4c5ccccc5nc34)c2)c2cccc([Si](c3ccccc3)(c3ccccc3)c3cccc(-n4c5ccccc5n5c6ccccc6nc45)c3)c2)cc1. The molecule has 0 aliphatic heterocycles. The number of fused-ring (bicyclic) bond motifs is 10. The number of rotatable bonds is 10. The fourth-order valence-electron chi connectivity index (χ4n) is 12.7. The highest BCUT2D eigenvalue weighted by Gasteiger charge is 2.46. The third kappa shape index (κ3) is 6.44. The van der Waals surface area contributed by atoms with Gasteiger partial charge in [0.1, 0.15) is 0 Å². The highest BCUT2D eigenvalue weighted by molar-refractivity contribution is 7.22. The molecule has 11 aromatic carbocycles. The summed E-state index contributed by atoms with van der Waals surface area (Å²) in [6.45, 7) is 0. The molecule has 0 atom stereocenters. The Balaban J connectivity index is 1.01. The van der Waals surface area contributed by atoms with E-state index in [1.54, 1.807) is 0 Å². The summed E-state index contributed by atoms with van der Waals surface area (Å²) in [5.41, 5.74) is 10.8. The average molecular weight is 1010 g/mol. The topological polar surface area (TPSA) is 44.5 Å². The fraction of sp³-hybridized carbons (Fsp3) is 0. The number of nitrogens with zero attached hydrogens (tertiary/aromatic N) is 6. The van der Waals surface area contributed by atoms with Crippen molar-refractivity contribution in [2.75, 3.05) is 0 Å². The van der Waals surface area contributed by atoms with Crippen LogP contribution in [0.15, 0.2) is 291 Å². The monoisotopic (exact) mass is 1000 g/mol. The maximum Gasteiger partial charge on any atom is 0.220 e. The van der Waals surface area contributed by atoms with E-state index in [-0.39, 0.29) is 0 Å². The first-order chi connectivity index (χ1) is 37.7. The van der Waals surface area contributed by atoms with Gasteiger partial charge < -0.3 is 0 Å². The molecule has 0 saturated carbocycles. The van der Waals surface area contributed by atoms with E-state index in [4.69, 9.17) is 9.97 Å². The van der Waals surface area contributed by atoms with Crippen molar-refractivity contribution in [2.45, 2.75) is 0 Å². The van der Waals surface area contributed by atoms with Crippen molar-refractivity contribution in [2.24, 2.45) is 0 Å². The molecule has 358 valence electrons. The molecule has 6 nitrogen and oxygen atoms in total. The van der Waals surface area contributed by atoms with E-state index in [2.05, 4.69) is 309 Å². The highest BCUT2D eigenvalue weighted by atomic mass is 28.3. The quantitative estimate of drug-likeness (QED) is 0.101. The van der Waals surface area contributed by atoms with Gasteiger partial charge in [0.2, 0.25) is 11.6 Å². The van der Waals surface area contributed by atoms with Crippen LogP contribution in [0.5, 0.6) is 0 Å². The van der Waals surface area contributed by atoms with E-state index in [1.807, 2.05) is 0 Å². The Kier molecular flexibility index (Phi) is 10.1. The van der Waals surface area contributed by atoms with Gasteiger partial charge in [0.25, 0.3) is 0 Å². The maximum absolute atomic E-state index is 5.32. The second-order valence-corrected chi connectivity index (χ2v) is 27.4. The van der Waals surface area contributed by atoms with Gasteiger partial charge in [0, 0.05) is 11.4 Å². The molecule has 0 aliphatic rings. The zero-order valence-electron chi connectivity index (χ0n) is 41.4. The largest absolute Gasteiger partial charge is 0.278 e. The van der Waals surface area contributed by atoms with Gasteiger partial charge in [-0.05, 0) is 114 Å². The average Bonchev–Trinajstić information content (AvgIpc) is 4.34.